The van der Waals surface area contributed by atoms with E-state index in [0.29, 0.717) is 18.6 Å². The molecule has 0 unspecified atom stereocenters. The molecule has 194 valence electrons. The van der Waals surface area contributed by atoms with Crippen LogP contribution < -0.4 is 5.56 Å². The molecule has 0 amide bonds. The van der Waals surface area contributed by atoms with Gasteiger partial charge < -0.3 is 4.98 Å². The fourth-order valence-corrected chi connectivity index (χ4v) is 6.46. The summed E-state index contributed by atoms with van der Waals surface area (Å²) >= 11 is 0. The topological polar surface area (TPSA) is 79.7 Å². The molecule has 3 aromatic rings. The SMILES string of the molecule is CCC[C@H](c1nnnn1C1CCCCC1)N(Cc1cc2cc(C)c(C)cc2[nH]c1=O)C1CCCCC1. The molecule has 2 fully saturated rings. The van der Waals surface area contributed by atoms with Gasteiger partial charge in [-0.15, -0.1) is 5.10 Å². The minimum absolute atomic E-state index is 0.0219. The molecule has 2 aliphatic carbocycles. The summed E-state index contributed by atoms with van der Waals surface area (Å²) in [6.45, 7) is 7.10. The minimum Gasteiger partial charge on any atom is -0.322 e. The summed E-state index contributed by atoms with van der Waals surface area (Å²) in [4.78, 5) is 19.1. The van der Waals surface area contributed by atoms with E-state index in [1.165, 1.54) is 62.5 Å². The van der Waals surface area contributed by atoms with Crippen molar-refractivity contribution < 1.29 is 0 Å². The van der Waals surface area contributed by atoms with Crippen molar-refractivity contribution in [2.75, 3.05) is 0 Å². The quantitative estimate of drug-likeness (QED) is 0.400. The molecule has 0 radical (unpaired) electrons. The molecule has 2 heterocycles. The summed E-state index contributed by atoms with van der Waals surface area (Å²) in [5, 5.41) is 14.4. The van der Waals surface area contributed by atoms with Gasteiger partial charge >= 0.3 is 0 Å². The number of hydrogen-bond acceptors (Lipinski definition) is 5. The van der Waals surface area contributed by atoms with Crippen LogP contribution in [0.1, 0.15) is 119 Å². The van der Waals surface area contributed by atoms with Crippen molar-refractivity contribution in [3.63, 3.8) is 0 Å². The van der Waals surface area contributed by atoms with Crippen molar-refractivity contribution in [3.8, 4) is 0 Å². The highest BCUT2D eigenvalue weighted by atomic mass is 16.1. The Kier molecular flexibility index (Phi) is 7.85. The second kappa shape index (κ2) is 11.2. The number of nitrogens with zero attached hydrogens (tertiary/aromatic N) is 5. The van der Waals surface area contributed by atoms with E-state index in [9.17, 15) is 4.79 Å². The third kappa shape index (κ3) is 5.26. The maximum Gasteiger partial charge on any atom is 0.252 e. The Hall–Kier alpha value is -2.54. The summed E-state index contributed by atoms with van der Waals surface area (Å²) < 4.78 is 2.14. The average Bonchev–Trinajstić information content (AvgIpc) is 3.38. The molecule has 0 saturated heterocycles. The maximum absolute atomic E-state index is 13.3. The zero-order chi connectivity index (χ0) is 25.1. The highest BCUT2D eigenvalue weighted by Crippen LogP contribution is 2.36. The molecule has 7 nitrogen and oxygen atoms in total. The molecule has 7 heteroatoms. The van der Waals surface area contributed by atoms with Gasteiger partial charge in [0.25, 0.3) is 5.56 Å². The number of hydrogen-bond donors (Lipinski definition) is 1. The van der Waals surface area contributed by atoms with Crippen molar-refractivity contribution in [3.05, 3.63) is 51.1 Å². The van der Waals surface area contributed by atoms with Crippen LogP contribution in [0.4, 0.5) is 0 Å². The Bertz CT molecular complexity index is 1220. The fraction of sp³-hybridized carbons (Fsp3) is 0.655. The first kappa shape index (κ1) is 25.1. The summed E-state index contributed by atoms with van der Waals surface area (Å²) in [7, 11) is 0. The van der Waals surface area contributed by atoms with Crippen LogP contribution in [0.5, 0.6) is 0 Å². The first-order chi connectivity index (χ1) is 17.5. The second-order valence-electron chi connectivity index (χ2n) is 11.2. The third-order valence-electron chi connectivity index (χ3n) is 8.63. The van der Waals surface area contributed by atoms with E-state index in [2.05, 4.69) is 69.1 Å². The molecular weight excluding hydrogens is 448 g/mol. The monoisotopic (exact) mass is 490 g/mol. The Morgan fingerprint density at radius 1 is 1.00 bits per heavy atom. The van der Waals surface area contributed by atoms with Gasteiger partial charge in [0.05, 0.1) is 12.1 Å². The summed E-state index contributed by atoms with van der Waals surface area (Å²) in [6, 6.07) is 7.36. The van der Waals surface area contributed by atoms with Crippen molar-refractivity contribution in [2.24, 2.45) is 0 Å². The zero-order valence-electron chi connectivity index (χ0n) is 22.3. The van der Waals surface area contributed by atoms with Crippen LogP contribution in [-0.4, -0.2) is 36.1 Å². The molecule has 1 N–H and O–H groups in total. The largest absolute Gasteiger partial charge is 0.322 e. The summed E-state index contributed by atoms with van der Waals surface area (Å²) in [5.74, 6) is 0.998. The number of aryl methyl sites for hydroxylation is 2. The van der Waals surface area contributed by atoms with Gasteiger partial charge in [-0.05, 0) is 91.1 Å². The van der Waals surface area contributed by atoms with Crippen molar-refractivity contribution in [1.29, 1.82) is 0 Å². The van der Waals surface area contributed by atoms with Crippen LogP contribution in [-0.2, 0) is 6.54 Å². The molecule has 2 aromatic heterocycles. The maximum atomic E-state index is 13.3. The third-order valence-corrected chi connectivity index (χ3v) is 8.63. The smallest absolute Gasteiger partial charge is 0.252 e. The Balaban J connectivity index is 1.53. The predicted molar refractivity (Wildman–Crippen MR) is 144 cm³/mol. The molecular formula is C29H42N6O. The normalized spacial score (nSPS) is 18.8. The molecule has 0 aliphatic heterocycles. The molecule has 0 bridgehead atoms. The summed E-state index contributed by atoms with van der Waals surface area (Å²) in [6.07, 6.45) is 14.3. The standard InChI is InChI=1S/C29H42N6O/c1-4-11-27(28-31-32-33-35(28)25-14-9-6-10-15-25)34(24-12-7-5-8-13-24)19-23-18-22-16-20(2)21(3)17-26(22)30-29(23)36/h16-18,24-25,27H,4-15,19H2,1-3H3,(H,30,36)/t27-/m1/s1. The Morgan fingerprint density at radius 3 is 2.42 bits per heavy atom. The van der Waals surface area contributed by atoms with Crippen LogP contribution in [0.2, 0.25) is 0 Å². The lowest BCUT2D eigenvalue weighted by Gasteiger charge is -2.40. The van der Waals surface area contributed by atoms with E-state index in [-0.39, 0.29) is 11.6 Å². The van der Waals surface area contributed by atoms with E-state index < -0.39 is 0 Å². The highest BCUT2D eigenvalue weighted by Gasteiger charge is 2.34. The van der Waals surface area contributed by atoms with E-state index in [1.54, 1.807) is 0 Å². The fourth-order valence-electron chi connectivity index (χ4n) is 6.46. The molecule has 5 rings (SSSR count). The minimum atomic E-state index is 0.0219. The average molecular weight is 491 g/mol. The Morgan fingerprint density at radius 2 is 1.69 bits per heavy atom. The van der Waals surface area contributed by atoms with Crippen LogP contribution in [0, 0.1) is 13.8 Å². The molecule has 2 saturated carbocycles. The van der Waals surface area contributed by atoms with Gasteiger partial charge in [0.1, 0.15) is 0 Å². The predicted octanol–water partition coefficient (Wildman–Crippen LogP) is 6.31. The van der Waals surface area contributed by atoms with Gasteiger partial charge in [0.2, 0.25) is 0 Å². The molecule has 1 atom stereocenters. The van der Waals surface area contributed by atoms with Crippen LogP contribution in [0.25, 0.3) is 10.9 Å². The first-order valence-corrected chi connectivity index (χ1v) is 14.2. The summed E-state index contributed by atoms with van der Waals surface area (Å²) in [5.41, 5.74) is 4.23. The van der Waals surface area contributed by atoms with E-state index >= 15 is 0 Å². The molecule has 0 spiro atoms. The highest BCUT2D eigenvalue weighted by molar-refractivity contribution is 5.80. The molecule has 36 heavy (non-hydrogen) atoms. The second-order valence-corrected chi connectivity index (χ2v) is 11.2. The zero-order valence-corrected chi connectivity index (χ0v) is 22.3. The molecule has 1 aromatic carbocycles. The lowest BCUT2D eigenvalue weighted by atomic mass is 9.91. The van der Waals surface area contributed by atoms with Gasteiger partial charge in [-0.25, -0.2) is 4.68 Å². The van der Waals surface area contributed by atoms with Crippen LogP contribution >= 0.6 is 0 Å². The van der Waals surface area contributed by atoms with Crippen LogP contribution in [0.15, 0.2) is 23.0 Å². The van der Waals surface area contributed by atoms with E-state index in [0.717, 1.165) is 48.0 Å². The number of rotatable bonds is 8. The number of tetrazole rings is 1. The number of pyridine rings is 1. The van der Waals surface area contributed by atoms with E-state index in [1.807, 2.05) is 0 Å². The van der Waals surface area contributed by atoms with Crippen LogP contribution in [0.3, 0.4) is 0 Å². The van der Waals surface area contributed by atoms with Gasteiger partial charge in [-0.1, -0.05) is 51.9 Å². The van der Waals surface area contributed by atoms with Crippen molar-refractivity contribution in [2.45, 2.75) is 122 Å². The lowest BCUT2D eigenvalue weighted by molar-refractivity contribution is 0.0789. The van der Waals surface area contributed by atoms with Gasteiger partial charge in [0, 0.05) is 23.7 Å². The number of fused-ring (bicyclic) bond motifs is 1. The van der Waals surface area contributed by atoms with Gasteiger partial charge in [0.15, 0.2) is 5.82 Å². The number of aromatic nitrogens is 5. The van der Waals surface area contributed by atoms with Crippen molar-refractivity contribution >= 4 is 10.9 Å². The number of benzene rings is 1. The van der Waals surface area contributed by atoms with Gasteiger partial charge in [-0.3, -0.25) is 9.69 Å². The number of aromatic amines is 1. The number of H-pyrrole nitrogens is 1. The number of nitrogens with one attached hydrogen (secondary N) is 1. The lowest BCUT2D eigenvalue weighted by Crippen LogP contribution is -2.41. The Labute approximate surface area is 214 Å². The van der Waals surface area contributed by atoms with E-state index in [4.69, 9.17) is 0 Å². The van der Waals surface area contributed by atoms with Crippen molar-refractivity contribution in [1.82, 2.24) is 30.1 Å². The first-order valence-electron chi connectivity index (χ1n) is 14.2. The van der Waals surface area contributed by atoms with Gasteiger partial charge in [-0.2, -0.15) is 0 Å². The molecule has 2 aliphatic rings.